The van der Waals surface area contributed by atoms with Crippen LogP contribution >= 0.6 is 11.6 Å². The normalized spacial score (nSPS) is 13.1. The van der Waals surface area contributed by atoms with Gasteiger partial charge in [-0.05, 0) is 60.5 Å². The molecular weight excluding hydrogens is 464 g/mol. The minimum Gasteiger partial charge on any atom is -0.490 e. The van der Waals surface area contributed by atoms with Crippen molar-refractivity contribution in [2.24, 2.45) is 0 Å². The molecule has 0 saturated heterocycles. The van der Waals surface area contributed by atoms with Gasteiger partial charge in [0.2, 0.25) is 0 Å². The Hall–Kier alpha value is -3.23. The van der Waals surface area contributed by atoms with Gasteiger partial charge in [-0.15, -0.1) is 0 Å². The maximum Gasteiger partial charge on any atom is 0.262 e. The number of anilines is 1. The van der Waals surface area contributed by atoms with Crippen molar-refractivity contribution in [1.29, 1.82) is 0 Å². The van der Waals surface area contributed by atoms with Crippen LogP contribution < -0.4 is 19.5 Å². The number of nitrogens with one attached hydrogen (secondary N) is 2. The van der Waals surface area contributed by atoms with Gasteiger partial charge in [-0.3, -0.25) is 9.52 Å². The molecule has 3 aromatic rings. The van der Waals surface area contributed by atoms with Crippen molar-refractivity contribution in [2.45, 2.75) is 17.7 Å². The second-order valence-corrected chi connectivity index (χ2v) is 9.59. The van der Waals surface area contributed by atoms with Gasteiger partial charge in [-0.25, -0.2) is 8.42 Å². The van der Waals surface area contributed by atoms with Crippen molar-refractivity contribution in [3.05, 3.63) is 82.9 Å². The fourth-order valence-electron chi connectivity index (χ4n) is 3.29. The first-order valence-electron chi connectivity index (χ1n) is 10.5. The summed E-state index contributed by atoms with van der Waals surface area (Å²) in [6, 6.07) is 18.2. The minimum atomic E-state index is -3.84. The third-order valence-electron chi connectivity index (χ3n) is 5.04. The Morgan fingerprint density at radius 3 is 2.33 bits per heavy atom. The molecule has 0 atom stereocenters. The Kier molecular flexibility index (Phi) is 7.05. The molecule has 0 saturated carbocycles. The van der Waals surface area contributed by atoms with Gasteiger partial charge in [0.25, 0.3) is 15.9 Å². The predicted molar refractivity (Wildman–Crippen MR) is 127 cm³/mol. The monoisotopic (exact) mass is 486 g/mol. The summed E-state index contributed by atoms with van der Waals surface area (Å²) in [5.41, 5.74) is 1.85. The van der Waals surface area contributed by atoms with Crippen LogP contribution in [0.4, 0.5) is 5.69 Å². The number of sulfonamides is 1. The van der Waals surface area contributed by atoms with E-state index >= 15 is 0 Å². The number of carbonyl (C=O) groups is 1. The number of benzene rings is 3. The molecule has 9 heteroatoms. The molecule has 0 bridgehead atoms. The molecule has 1 aliphatic heterocycles. The van der Waals surface area contributed by atoms with Crippen molar-refractivity contribution >= 4 is 33.2 Å². The van der Waals surface area contributed by atoms with Crippen LogP contribution in [0.25, 0.3) is 0 Å². The molecule has 3 aromatic carbocycles. The van der Waals surface area contributed by atoms with Crippen molar-refractivity contribution in [3.63, 3.8) is 0 Å². The summed E-state index contributed by atoms with van der Waals surface area (Å²) >= 11 is 5.87. The summed E-state index contributed by atoms with van der Waals surface area (Å²) in [7, 11) is -3.84. The zero-order valence-corrected chi connectivity index (χ0v) is 19.3. The predicted octanol–water partition coefficient (Wildman–Crippen LogP) is 4.27. The zero-order valence-electron chi connectivity index (χ0n) is 17.7. The summed E-state index contributed by atoms with van der Waals surface area (Å²) in [5, 5.41) is 3.52. The largest absolute Gasteiger partial charge is 0.490 e. The molecule has 172 valence electrons. The van der Waals surface area contributed by atoms with Crippen LogP contribution in [0.3, 0.4) is 0 Å². The average molecular weight is 487 g/mol. The van der Waals surface area contributed by atoms with E-state index in [9.17, 15) is 13.2 Å². The van der Waals surface area contributed by atoms with E-state index in [4.69, 9.17) is 21.1 Å². The second-order valence-electron chi connectivity index (χ2n) is 7.47. The molecule has 33 heavy (non-hydrogen) atoms. The summed E-state index contributed by atoms with van der Waals surface area (Å²) < 4.78 is 39.2. The van der Waals surface area contributed by atoms with E-state index in [0.717, 1.165) is 12.0 Å². The van der Waals surface area contributed by atoms with Gasteiger partial charge in [0.15, 0.2) is 11.5 Å². The molecule has 7 nitrogen and oxygen atoms in total. The van der Waals surface area contributed by atoms with Crippen LogP contribution in [0.15, 0.2) is 71.6 Å². The highest BCUT2D eigenvalue weighted by Crippen LogP contribution is 2.32. The van der Waals surface area contributed by atoms with Gasteiger partial charge >= 0.3 is 0 Å². The molecule has 0 fully saturated rings. The van der Waals surface area contributed by atoms with Crippen molar-refractivity contribution in [2.75, 3.05) is 24.5 Å². The lowest BCUT2D eigenvalue weighted by Gasteiger charge is -2.12. The lowest BCUT2D eigenvalue weighted by molar-refractivity contribution is 0.0954. The van der Waals surface area contributed by atoms with E-state index in [1.54, 1.807) is 30.3 Å². The Balaban J connectivity index is 1.36. The van der Waals surface area contributed by atoms with E-state index in [-0.39, 0.29) is 10.8 Å². The Morgan fingerprint density at radius 1 is 0.909 bits per heavy atom. The van der Waals surface area contributed by atoms with Crippen LogP contribution in [0.5, 0.6) is 11.5 Å². The van der Waals surface area contributed by atoms with Crippen molar-refractivity contribution in [1.82, 2.24) is 5.32 Å². The van der Waals surface area contributed by atoms with Gasteiger partial charge < -0.3 is 14.8 Å². The second kappa shape index (κ2) is 10.1. The number of halogens is 1. The maximum atomic E-state index is 12.8. The molecule has 0 unspecified atom stereocenters. The molecule has 0 aromatic heterocycles. The first-order chi connectivity index (χ1) is 15.9. The standard InChI is InChI=1S/C24H23ClN2O5S/c25-19-6-2-17(3-7-19)12-13-26-24(28)18-4-8-20(9-5-18)27-33(29,30)21-10-11-22-23(16-21)32-15-1-14-31-22/h2-11,16,27H,1,12-15H2,(H,26,28). The number of fused-ring (bicyclic) bond motifs is 1. The highest BCUT2D eigenvalue weighted by molar-refractivity contribution is 7.92. The van der Waals surface area contributed by atoms with Crippen LogP contribution in [0, 0.1) is 0 Å². The van der Waals surface area contributed by atoms with Crippen LogP contribution in [-0.4, -0.2) is 34.1 Å². The van der Waals surface area contributed by atoms with Gasteiger partial charge in [0.05, 0.1) is 18.1 Å². The lowest BCUT2D eigenvalue weighted by Crippen LogP contribution is -2.25. The van der Waals surface area contributed by atoms with E-state index in [2.05, 4.69) is 10.0 Å². The minimum absolute atomic E-state index is 0.0655. The van der Waals surface area contributed by atoms with E-state index < -0.39 is 10.0 Å². The molecule has 2 N–H and O–H groups in total. The molecular formula is C24H23ClN2O5S. The molecule has 1 amide bonds. The SMILES string of the molecule is O=C(NCCc1ccc(Cl)cc1)c1ccc(NS(=O)(=O)c2ccc3c(c2)OCCCO3)cc1. The zero-order chi connectivity index (χ0) is 23.3. The first kappa shape index (κ1) is 22.9. The Bertz CT molecular complexity index is 1230. The number of hydrogen-bond acceptors (Lipinski definition) is 5. The first-order valence-corrected chi connectivity index (χ1v) is 12.3. The summed E-state index contributed by atoms with van der Waals surface area (Å²) in [5.74, 6) is 0.695. The molecule has 4 rings (SSSR count). The molecule has 0 radical (unpaired) electrons. The number of hydrogen-bond donors (Lipinski definition) is 2. The molecule has 0 aliphatic carbocycles. The van der Waals surface area contributed by atoms with E-state index in [0.29, 0.717) is 54.0 Å². The van der Waals surface area contributed by atoms with Crippen LogP contribution in [0.1, 0.15) is 22.3 Å². The molecule has 1 heterocycles. The van der Waals surface area contributed by atoms with Gasteiger partial charge in [0.1, 0.15) is 0 Å². The van der Waals surface area contributed by atoms with E-state index in [1.165, 1.54) is 12.1 Å². The lowest BCUT2D eigenvalue weighted by atomic mass is 10.1. The smallest absolute Gasteiger partial charge is 0.262 e. The van der Waals surface area contributed by atoms with Crippen molar-refractivity contribution in [3.8, 4) is 11.5 Å². The average Bonchev–Trinajstić information content (AvgIpc) is 3.05. The maximum absolute atomic E-state index is 12.8. The third kappa shape index (κ3) is 5.97. The van der Waals surface area contributed by atoms with Crippen LogP contribution in [-0.2, 0) is 16.4 Å². The summed E-state index contributed by atoms with van der Waals surface area (Å²) in [6.07, 6.45) is 1.41. The number of carbonyl (C=O) groups excluding carboxylic acids is 1. The van der Waals surface area contributed by atoms with Crippen molar-refractivity contribution < 1.29 is 22.7 Å². The number of ether oxygens (including phenoxy) is 2. The topological polar surface area (TPSA) is 93.7 Å². The number of amides is 1. The molecule has 1 aliphatic rings. The Morgan fingerprint density at radius 2 is 1.61 bits per heavy atom. The van der Waals surface area contributed by atoms with Gasteiger partial charge in [0, 0.05) is 35.3 Å². The summed E-state index contributed by atoms with van der Waals surface area (Å²) in [4.78, 5) is 12.4. The fraction of sp³-hybridized carbons (Fsp3) is 0.208. The molecule has 0 spiro atoms. The number of rotatable bonds is 7. The quantitative estimate of drug-likeness (QED) is 0.520. The van der Waals surface area contributed by atoms with Crippen LogP contribution in [0.2, 0.25) is 5.02 Å². The highest BCUT2D eigenvalue weighted by Gasteiger charge is 2.19. The Labute approximate surface area is 197 Å². The fourth-order valence-corrected chi connectivity index (χ4v) is 4.49. The van der Waals surface area contributed by atoms with Gasteiger partial charge in [-0.2, -0.15) is 0 Å². The van der Waals surface area contributed by atoms with Gasteiger partial charge in [-0.1, -0.05) is 23.7 Å². The third-order valence-corrected chi connectivity index (χ3v) is 6.67. The summed E-state index contributed by atoms with van der Waals surface area (Å²) in [6.45, 7) is 1.46. The van der Waals surface area contributed by atoms with E-state index in [1.807, 2.05) is 24.3 Å². The highest BCUT2D eigenvalue weighted by atomic mass is 35.5.